The molecule has 33 heavy (non-hydrogen) atoms. The molecule has 2 aromatic carbocycles. The molecular formula is C27H32ClFO4. The minimum atomic E-state index is -1.14. The predicted molar refractivity (Wildman–Crippen MR) is 128 cm³/mol. The number of ether oxygens (including phenoxy) is 2. The molecule has 0 bridgehead atoms. The Bertz CT molecular complexity index is 1000. The van der Waals surface area contributed by atoms with Crippen LogP contribution in [0.1, 0.15) is 62.8 Å². The van der Waals surface area contributed by atoms with Crippen molar-refractivity contribution in [3.63, 3.8) is 0 Å². The second-order valence-electron chi connectivity index (χ2n) is 9.38. The first kappa shape index (κ1) is 25.3. The van der Waals surface area contributed by atoms with Gasteiger partial charge in [0.05, 0.1) is 17.2 Å². The highest BCUT2D eigenvalue weighted by Gasteiger charge is 2.39. The molecule has 2 aromatic rings. The third kappa shape index (κ3) is 6.15. The number of carbonyl (C=O) groups is 1. The first-order chi connectivity index (χ1) is 15.6. The lowest BCUT2D eigenvalue weighted by atomic mass is 9.75. The summed E-state index contributed by atoms with van der Waals surface area (Å²) in [5.41, 5.74) is 3.81. The fourth-order valence-corrected chi connectivity index (χ4v) is 4.88. The summed E-state index contributed by atoms with van der Waals surface area (Å²) in [6, 6.07) is 11.1. The number of halogens is 2. The Morgan fingerprint density at radius 1 is 1.30 bits per heavy atom. The van der Waals surface area contributed by atoms with Gasteiger partial charge >= 0.3 is 5.97 Å². The van der Waals surface area contributed by atoms with E-state index in [4.69, 9.17) is 26.2 Å². The fourth-order valence-electron chi connectivity index (χ4n) is 4.62. The maximum atomic E-state index is 14.3. The third-order valence-corrected chi connectivity index (χ3v) is 6.45. The van der Waals surface area contributed by atoms with Crippen LogP contribution < -0.4 is 4.74 Å². The average Bonchev–Trinajstić information content (AvgIpc) is 2.72. The number of hydrogen-bond acceptors (Lipinski definition) is 3. The Morgan fingerprint density at radius 2 is 1.97 bits per heavy atom. The monoisotopic (exact) mass is 474 g/mol. The topological polar surface area (TPSA) is 55.8 Å². The van der Waals surface area contributed by atoms with Crippen molar-refractivity contribution in [3.05, 3.63) is 76.1 Å². The highest BCUT2D eigenvalue weighted by molar-refractivity contribution is 6.32. The second-order valence-corrected chi connectivity index (χ2v) is 9.79. The van der Waals surface area contributed by atoms with Crippen molar-refractivity contribution in [2.45, 2.75) is 58.7 Å². The van der Waals surface area contributed by atoms with Crippen molar-refractivity contribution in [2.75, 3.05) is 6.61 Å². The largest absolute Gasteiger partial charge is 0.480 e. The van der Waals surface area contributed by atoms with Gasteiger partial charge in [-0.3, -0.25) is 0 Å². The summed E-state index contributed by atoms with van der Waals surface area (Å²) in [6.45, 7) is 11.9. The zero-order valence-electron chi connectivity index (χ0n) is 19.6. The standard InChI is InChI=1S/C27H32ClFO4/c1-15(2)10-18-6-8-19(9-7-18)22-13-21(16(3)4)26(33-17(22)5)23-11-20(29)12-24(28)27(23)32-14-25(30)31/h6-9,11-12,15,17,21-22,26H,3,10,13-14H2,1-2,4-5H3,(H,30,31)/t17-,21+,22-,26-/m0/s1. The van der Waals surface area contributed by atoms with E-state index in [2.05, 4.69) is 44.7 Å². The van der Waals surface area contributed by atoms with E-state index in [9.17, 15) is 9.18 Å². The number of hydrogen-bond donors (Lipinski definition) is 1. The van der Waals surface area contributed by atoms with Gasteiger partial charge in [-0.25, -0.2) is 9.18 Å². The molecule has 178 valence electrons. The van der Waals surface area contributed by atoms with E-state index in [1.54, 1.807) is 0 Å². The molecule has 3 rings (SSSR count). The molecule has 0 spiro atoms. The van der Waals surface area contributed by atoms with Crippen LogP contribution in [0.5, 0.6) is 5.75 Å². The molecule has 0 aromatic heterocycles. The maximum Gasteiger partial charge on any atom is 0.341 e. The molecule has 6 heteroatoms. The first-order valence-corrected chi connectivity index (χ1v) is 11.7. The quantitative estimate of drug-likeness (QED) is 0.420. The van der Waals surface area contributed by atoms with Crippen LogP contribution >= 0.6 is 11.6 Å². The first-order valence-electron chi connectivity index (χ1n) is 11.3. The summed E-state index contributed by atoms with van der Waals surface area (Å²) in [7, 11) is 0. The van der Waals surface area contributed by atoms with E-state index in [1.165, 1.54) is 17.2 Å². The average molecular weight is 475 g/mol. The molecule has 1 aliphatic rings. The van der Waals surface area contributed by atoms with Gasteiger partial charge in [0.1, 0.15) is 11.6 Å². The van der Waals surface area contributed by atoms with E-state index < -0.39 is 24.5 Å². The lowest BCUT2D eigenvalue weighted by Gasteiger charge is -2.42. The summed E-state index contributed by atoms with van der Waals surface area (Å²) in [5.74, 6) is -0.915. The van der Waals surface area contributed by atoms with Crippen LogP contribution in [-0.4, -0.2) is 23.8 Å². The van der Waals surface area contributed by atoms with Crippen molar-refractivity contribution in [2.24, 2.45) is 11.8 Å². The summed E-state index contributed by atoms with van der Waals surface area (Å²) in [4.78, 5) is 11.1. The number of benzene rings is 2. The van der Waals surface area contributed by atoms with Gasteiger partial charge in [-0.05, 0) is 55.9 Å². The second kappa shape index (κ2) is 10.7. The van der Waals surface area contributed by atoms with Crippen LogP contribution in [0.3, 0.4) is 0 Å². The van der Waals surface area contributed by atoms with Crippen LogP contribution in [0.2, 0.25) is 5.02 Å². The molecule has 1 heterocycles. The molecule has 1 N–H and O–H groups in total. The Balaban J connectivity index is 1.92. The van der Waals surface area contributed by atoms with Crippen molar-refractivity contribution in [3.8, 4) is 5.75 Å². The molecule has 4 atom stereocenters. The molecule has 1 fully saturated rings. The third-order valence-electron chi connectivity index (χ3n) is 6.17. The van der Waals surface area contributed by atoms with Gasteiger partial charge in [-0.15, -0.1) is 0 Å². The Kier molecular flexibility index (Phi) is 8.19. The number of carboxylic acid groups (broad SMARTS) is 1. The van der Waals surface area contributed by atoms with Crippen molar-refractivity contribution >= 4 is 17.6 Å². The minimum absolute atomic E-state index is 0.0193. The van der Waals surface area contributed by atoms with Gasteiger partial charge in [0.15, 0.2) is 6.61 Å². The van der Waals surface area contributed by atoms with Crippen LogP contribution in [0.4, 0.5) is 4.39 Å². The van der Waals surface area contributed by atoms with E-state index in [-0.39, 0.29) is 28.7 Å². The number of aliphatic carboxylic acids is 1. The Labute approximate surface area is 200 Å². The molecule has 0 radical (unpaired) electrons. The summed E-state index contributed by atoms with van der Waals surface area (Å²) >= 11 is 6.24. The normalized spacial score (nSPS) is 22.9. The lowest BCUT2D eigenvalue weighted by Crippen LogP contribution is -2.34. The summed E-state index contributed by atoms with van der Waals surface area (Å²) in [5, 5.41) is 9.06. The van der Waals surface area contributed by atoms with Crippen molar-refractivity contribution in [1.82, 2.24) is 0 Å². The zero-order valence-corrected chi connectivity index (χ0v) is 20.4. The van der Waals surface area contributed by atoms with Gasteiger partial charge in [-0.1, -0.05) is 61.9 Å². The highest BCUT2D eigenvalue weighted by atomic mass is 35.5. The van der Waals surface area contributed by atoms with Crippen LogP contribution in [0.25, 0.3) is 0 Å². The van der Waals surface area contributed by atoms with E-state index >= 15 is 0 Å². The molecule has 0 saturated carbocycles. The van der Waals surface area contributed by atoms with Gasteiger partial charge in [0.2, 0.25) is 0 Å². The van der Waals surface area contributed by atoms with Gasteiger partial charge in [0, 0.05) is 17.4 Å². The van der Waals surface area contributed by atoms with Gasteiger partial charge in [0.25, 0.3) is 0 Å². The SMILES string of the molecule is C=C(C)[C@H]1C[C@H](c2ccc(CC(C)C)cc2)[C@H](C)O[C@@H]1c1cc(F)cc(Cl)c1OCC(=O)O. The Hall–Kier alpha value is -2.37. The van der Waals surface area contributed by atoms with E-state index in [0.29, 0.717) is 11.5 Å². The summed E-state index contributed by atoms with van der Waals surface area (Å²) in [6.07, 6.45) is 1.09. The molecule has 0 aliphatic carbocycles. The van der Waals surface area contributed by atoms with E-state index in [1.807, 2.05) is 13.8 Å². The van der Waals surface area contributed by atoms with Crippen LogP contribution in [0.15, 0.2) is 48.6 Å². The highest BCUT2D eigenvalue weighted by Crippen LogP contribution is 2.49. The number of rotatable bonds is 8. The Morgan fingerprint density at radius 3 is 2.55 bits per heavy atom. The lowest BCUT2D eigenvalue weighted by molar-refractivity contribution is -0.139. The number of carboxylic acids is 1. The minimum Gasteiger partial charge on any atom is -0.480 e. The molecule has 1 saturated heterocycles. The maximum absolute atomic E-state index is 14.3. The zero-order chi connectivity index (χ0) is 24.3. The summed E-state index contributed by atoms with van der Waals surface area (Å²) < 4.78 is 26.2. The predicted octanol–water partition coefficient (Wildman–Crippen LogP) is 6.97. The molecule has 1 aliphatic heterocycles. The van der Waals surface area contributed by atoms with Gasteiger partial charge < -0.3 is 14.6 Å². The van der Waals surface area contributed by atoms with Crippen molar-refractivity contribution < 1.29 is 23.8 Å². The molecule has 0 amide bonds. The van der Waals surface area contributed by atoms with Gasteiger partial charge in [-0.2, -0.15) is 0 Å². The molecular weight excluding hydrogens is 443 g/mol. The van der Waals surface area contributed by atoms with E-state index in [0.717, 1.165) is 24.5 Å². The fraction of sp³-hybridized carbons (Fsp3) is 0.444. The molecule has 0 unspecified atom stereocenters. The van der Waals surface area contributed by atoms with Crippen LogP contribution in [-0.2, 0) is 16.0 Å². The van der Waals surface area contributed by atoms with Crippen LogP contribution in [0, 0.1) is 17.7 Å². The van der Waals surface area contributed by atoms with Crippen molar-refractivity contribution in [1.29, 1.82) is 0 Å². The molecule has 4 nitrogen and oxygen atoms in total. The smallest absolute Gasteiger partial charge is 0.341 e.